The Bertz CT molecular complexity index is 1020. The van der Waals surface area contributed by atoms with Gasteiger partial charge in [-0.1, -0.05) is 0 Å². The van der Waals surface area contributed by atoms with Crippen molar-refractivity contribution in [3.05, 3.63) is 35.8 Å². The van der Waals surface area contributed by atoms with Gasteiger partial charge in [0.25, 0.3) is 0 Å². The standard InChI is InChI=1S/C22H31N5O4S2/c1-17-14-27(15-18(2)31-17)33(29,30)20-6-4-19(5-7-20)24-21(28)16-25-9-3-10-26(12-11-25)22-23-8-13-32-22/h4-8,13,17-18H,3,9-12,14-16H2,1-2H3,(H,24,28). The van der Waals surface area contributed by atoms with E-state index in [2.05, 4.69) is 20.1 Å². The molecule has 0 aliphatic carbocycles. The quantitative estimate of drug-likeness (QED) is 0.658. The number of aromatic nitrogens is 1. The van der Waals surface area contributed by atoms with Crippen molar-refractivity contribution >= 4 is 38.1 Å². The lowest BCUT2D eigenvalue weighted by Gasteiger charge is -2.34. The minimum absolute atomic E-state index is 0.107. The van der Waals surface area contributed by atoms with Crippen molar-refractivity contribution in [1.29, 1.82) is 0 Å². The molecule has 33 heavy (non-hydrogen) atoms. The first-order chi connectivity index (χ1) is 15.8. The van der Waals surface area contributed by atoms with Gasteiger partial charge in [-0.05, 0) is 44.5 Å². The number of amides is 1. The molecule has 2 aromatic rings. The van der Waals surface area contributed by atoms with Crippen LogP contribution in [0.4, 0.5) is 10.8 Å². The molecule has 0 radical (unpaired) electrons. The average molecular weight is 494 g/mol. The molecule has 3 heterocycles. The summed E-state index contributed by atoms with van der Waals surface area (Å²) in [5.41, 5.74) is 0.585. The second kappa shape index (κ2) is 10.5. The van der Waals surface area contributed by atoms with Crippen LogP contribution < -0.4 is 10.2 Å². The minimum Gasteiger partial charge on any atom is -0.373 e. The summed E-state index contributed by atoms with van der Waals surface area (Å²) < 4.78 is 33.1. The summed E-state index contributed by atoms with van der Waals surface area (Å²) >= 11 is 1.63. The van der Waals surface area contributed by atoms with E-state index in [9.17, 15) is 13.2 Å². The van der Waals surface area contributed by atoms with Crippen molar-refractivity contribution in [2.45, 2.75) is 37.4 Å². The summed E-state index contributed by atoms with van der Waals surface area (Å²) in [7, 11) is -3.60. The van der Waals surface area contributed by atoms with Crippen LogP contribution in [0.5, 0.6) is 0 Å². The zero-order chi connectivity index (χ0) is 23.4. The van der Waals surface area contributed by atoms with E-state index >= 15 is 0 Å². The van der Waals surface area contributed by atoms with Gasteiger partial charge in [0.15, 0.2) is 5.13 Å². The van der Waals surface area contributed by atoms with Crippen LogP contribution in [0.1, 0.15) is 20.3 Å². The number of sulfonamides is 1. The first-order valence-electron chi connectivity index (χ1n) is 11.2. The summed E-state index contributed by atoms with van der Waals surface area (Å²) in [6.45, 7) is 8.13. The maximum atomic E-state index is 13.0. The molecule has 0 bridgehead atoms. The van der Waals surface area contributed by atoms with Gasteiger partial charge in [0.05, 0.1) is 23.6 Å². The summed E-state index contributed by atoms with van der Waals surface area (Å²) in [4.78, 5) is 21.6. The molecule has 0 saturated carbocycles. The molecule has 180 valence electrons. The van der Waals surface area contributed by atoms with E-state index in [0.29, 0.717) is 25.3 Å². The molecule has 2 unspecified atom stereocenters. The lowest BCUT2D eigenvalue weighted by atomic mass is 10.3. The van der Waals surface area contributed by atoms with E-state index in [1.54, 1.807) is 35.6 Å². The molecule has 11 heteroatoms. The number of carbonyl (C=O) groups is 1. The fourth-order valence-electron chi connectivity index (χ4n) is 4.28. The smallest absolute Gasteiger partial charge is 0.243 e. The Balaban J connectivity index is 1.31. The van der Waals surface area contributed by atoms with E-state index in [1.165, 1.54) is 4.31 Å². The van der Waals surface area contributed by atoms with Crippen LogP contribution in [0.25, 0.3) is 0 Å². The lowest BCUT2D eigenvalue weighted by molar-refractivity contribution is -0.117. The van der Waals surface area contributed by atoms with E-state index in [4.69, 9.17) is 4.74 Å². The summed E-state index contributed by atoms with van der Waals surface area (Å²) in [5.74, 6) is -0.107. The third kappa shape index (κ3) is 6.10. The molecule has 1 aromatic carbocycles. The Hall–Kier alpha value is -2.05. The number of ether oxygens (including phenoxy) is 1. The van der Waals surface area contributed by atoms with Crippen LogP contribution in [-0.4, -0.2) is 86.5 Å². The number of morpholine rings is 1. The van der Waals surface area contributed by atoms with Crippen LogP contribution in [0.15, 0.2) is 40.7 Å². The number of anilines is 2. The first-order valence-corrected chi connectivity index (χ1v) is 13.6. The second-order valence-corrected chi connectivity index (χ2v) is 11.4. The van der Waals surface area contributed by atoms with Crippen LogP contribution >= 0.6 is 11.3 Å². The number of rotatable bonds is 6. The largest absolute Gasteiger partial charge is 0.373 e. The van der Waals surface area contributed by atoms with Gasteiger partial charge in [0.2, 0.25) is 15.9 Å². The highest BCUT2D eigenvalue weighted by Crippen LogP contribution is 2.23. The normalized spacial score (nSPS) is 23.3. The fraction of sp³-hybridized carbons (Fsp3) is 0.545. The first kappa shape index (κ1) is 24.1. The maximum Gasteiger partial charge on any atom is 0.243 e. The summed E-state index contributed by atoms with van der Waals surface area (Å²) in [6, 6.07) is 6.39. The Morgan fingerprint density at radius 3 is 2.52 bits per heavy atom. The van der Waals surface area contributed by atoms with Crippen LogP contribution in [0.2, 0.25) is 0 Å². The van der Waals surface area contributed by atoms with E-state index < -0.39 is 10.0 Å². The number of nitrogens with one attached hydrogen (secondary N) is 1. The Kier molecular flexibility index (Phi) is 7.65. The van der Waals surface area contributed by atoms with Gasteiger partial charge in [-0.25, -0.2) is 13.4 Å². The molecule has 2 atom stereocenters. The SMILES string of the molecule is CC1CN(S(=O)(=O)c2ccc(NC(=O)CN3CCCN(c4nccs4)CC3)cc2)CC(C)O1. The van der Waals surface area contributed by atoms with E-state index in [0.717, 1.165) is 37.7 Å². The van der Waals surface area contributed by atoms with Crippen molar-refractivity contribution < 1.29 is 17.9 Å². The summed E-state index contributed by atoms with van der Waals surface area (Å²) in [6.07, 6.45) is 2.50. The number of benzene rings is 1. The van der Waals surface area contributed by atoms with Crippen LogP contribution in [0, 0.1) is 0 Å². The zero-order valence-corrected chi connectivity index (χ0v) is 20.6. The molecule has 2 aliphatic rings. The van der Waals surface area contributed by atoms with Crippen LogP contribution in [0.3, 0.4) is 0 Å². The van der Waals surface area contributed by atoms with Crippen LogP contribution in [-0.2, 0) is 19.6 Å². The van der Waals surface area contributed by atoms with E-state index in [-0.39, 0.29) is 23.0 Å². The van der Waals surface area contributed by atoms with Crippen molar-refractivity contribution in [1.82, 2.24) is 14.2 Å². The van der Waals surface area contributed by atoms with Gasteiger partial charge in [0.1, 0.15) is 0 Å². The van der Waals surface area contributed by atoms with Gasteiger partial charge < -0.3 is 15.0 Å². The number of hydrogen-bond donors (Lipinski definition) is 1. The Morgan fingerprint density at radius 2 is 1.85 bits per heavy atom. The third-order valence-electron chi connectivity index (χ3n) is 5.81. The zero-order valence-electron chi connectivity index (χ0n) is 19.0. The van der Waals surface area contributed by atoms with Gasteiger partial charge in [0, 0.05) is 56.5 Å². The highest BCUT2D eigenvalue weighted by molar-refractivity contribution is 7.89. The number of nitrogens with zero attached hydrogens (tertiary/aromatic N) is 4. The molecular formula is C22H31N5O4S2. The monoisotopic (exact) mass is 493 g/mol. The molecule has 9 nitrogen and oxygen atoms in total. The predicted octanol–water partition coefficient (Wildman–Crippen LogP) is 2.09. The number of carbonyl (C=O) groups excluding carboxylic acids is 1. The van der Waals surface area contributed by atoms with Crippen molar-refractivity contribution in [3.63, 3.8) is 0 Å². The van der Waals surface area contributed by atoms with Crippen molar-refractivity contribution in [2.24, 2.45) is 0 Å². The van der Waals surface area contributed by atoms with Gasteiger partial charge in [-0.2, -0.15) is 4.31 Å². The predicted molar refractivity (Wildman–Crippen MR) is 129 cm³/mol. The number of thiazole rings is 1. The Labute approximate surface area is 199 Å². The molecule has 2 aliphatic heterocycles. The molecule has 1 aromatic heterocycles. The molecule has 2 fully saturated rings. The second-order valence-electron chi connectivity index (χ2n) is 8.58. The average Bonchev–Trinajstić information content (AvgIpc) is 3.21. The molecule has 1 amide bonds. The minimum atomic E-state index is -3.60. The maximum absolute atomic E-state index is 13.0. The summed E-state index contributed by atoms with van der Waals surface area (Å²) in [5, 5.41) is 5.89. The van der Waals surface area contributed by atoms with Gasteiger partial charge in [-0.15, -0.1) is 11.3 Å². The molecule has 4 rings (SSSR count). The van der Waals surface area contributed by atoms with Gasteiger partial charge in [-0.3, -0.25) is 9.69 Å². The lowest BCUT2D eigenvalue weighted by Crippen LogP contribution is -2.48. The highest BCUT2D eigenvalue weighted by Gasteiger charge is 2.32. The number of hydrogen-bond acceptors (Lipinski definition) is 8. The van der Waals surface area contributed by atoms with Crippen molar-refractivity contribution in [2.75, 3.05) is 56.0 Å². The van der Waals surface area contributed by atoms with E-state index in [1.807, 2.05) is 25.4 Å². The molecule has 0 spiro atoms. The molecular weight excluding hydrogens is 462 g/mol. The third-order valence-corrected chi connectivity index (χ3v) is 8.49. The Morgan fingerprint density at radius 1 is 1.12 bits per heavy atom. The molecule has 1 N–H and O–H groups in total. The fourth-order valence-corrected chi connectivity index (χ4v) is 6.57. The molecule has 2 saturated heterocycles. The highest BCUT2D eigenvalue weighted by atomic mass is 32.2. The van der Waals surface area contributed by atoms with Crippen molar-refractivity contribution in [3.8, 4) is 0 Å². The topological polar surface area (TPSA) is 95.1 Å². The van der Waals surface area contributed by atoms with Gasteiger partial charge >= 0.3 is 0 Å².